The van der Waals surface area contributed by atoms with Crippen LogP contribution >= 0.6 is 15.9 Å². The van der Waals surface area contributed by atoms with Crippen molar-refractivity contribution in [1.29, 1.82) is 0 Å². The van der Waals surface area contributed by atoms with Crippen LogP contribution < -0.4 is 5.32 Å². The van der Waals surface area contributed by atoms with Gasteiger partial charge >= 0.3 is 0 Å². The lowest BCUT2D eigenvalue weighted by molar-refractivity contribution is 0.515. The third-order valence-corrected chi connectivity index (χ3v) is 5.29. The van der Waals surface area contributed by atoms with Crippen LogP contribution in [0.3, 0.4) is 0 Å². The molecule has 0 aromatic heterocycles. The molecule has 1 aromatic rings. The topological polar surface area (TPSA) is 12.0 Å². The van der Waals surface area contributed by atoms with Gasteiger partial charge in [-0.3, -0.25) is 0 Å². The predicted molar refractivity (Wildman–Crippen MR) is 88.0 cm³/mol. The van der Waals surface area contributed by atoms with Crippen molar-refractivity contribution in [2.45, 2.75) is 39.0 Å². The van der Waals surface area contributed by atoms with Crippen LogP contribution in [0.1, 0.15) is 12.5 Å². The third kappa shape index (κ3) is 6.71. The zero-order valence-electron chi connectivity index (χ0n) is 12.1. The summed E-state index contributed by atoms with van der Waals surface area (Å²) in [4.78, 5) is 0. The Morgan fingerprint density at radius 3 is 2.56 bits per heavy atom. The number of nitrogens with one attached hydrogen (secondary N) is 1. The fourth-order valence-corrected chi connectivity index (χ4v) is 4.90. The summed E-state index contributed by atoms with van der Waals surface area (Å²) in [5, 5.41) is 3.52. The van der Waals surface area contributed by atoms with Gasteiger partial charge in [0.05, 0.1) is 0 Å². The molecule has 0 aliphatic rings. The molecule has 1 unspecified atom stereocenters. The van der Waals surface area contributed by atoms with Crippen molar-refractivity contribution in [3.63, 3.8) is 0 Å². The van der Waals surface area contributed by atoms with Crippen molar-refractivity contribution in [3.8, 4) is 0 Å². The van der Waals surface area contributed by atoms with Crippen LogP contribution in [-0.2, 0) is 6.42 Å². The standard InChI is InChI=1S/C15H26BrNSi/c1-5-17-11-14(12-18(2,3)4)9-13-7-6-8-15(16)10-13/h6-8,10,14,17H,5,9,11-12H2,1-4H3. The van der Waals surface area contributed by atoms with Gasteiger partial charge in [0.1, 0.15) is 0 Å². The Kier molecular flexibility index (Phi) is 6.61. The van der Waals surface area contributed by atoms with Gasteiger partial charge < -0.3 is 5.32 Å². The highest BCUT2D eigenvalue weighted by molar-refractivity contribution is 9.10. The van der Waals surface area contributed by atoms with E-state index < -0.39 is 8.07 Å². The Morgan fingerprint density at radius 2 is 2.00 bits per heavy atom. The van der Waals surface area contributed by atoms with Gasteiger partial charge in [0.2, 0.25) is 0 Å². The first-order chi connectivity index (χ1) is 8.40. The lowest BCUT2D eigenvalue weighted by Crippen LogP contribution is -2.31. The summed E-state index contributed by atoms with van der Waals surface area (Å²) in [7, 11) is -0.989. The van der Waals surface area contributed by atoms with E-state index in [-0.39, 0.29) is 0 Å². The van der Waals surface area contributed by atoms with E-state index in [1.54, 1.807) is 0 Å². The monoisotopic (exact) mass is 327 g/mol. The lowest BCUT2D eigenvalue weighted by atomic mass is 10.0. The second kappa shape index (κ2) is 7.46. The molecular weight excluding hydrogens is 302 g/mol. The van der Waals surface area contributed by atoms with Gasteiger partial charge in [-0.25, -0.2) is 0 Å². The highest BCUT2D eigenvalue weighted by atomic mass is 79.9. The first kappa shape index (κ1) is 15.9. The minimum atomic E-state index is -0.989. The van der Waals surface area contributed by atoms with Crippen molar-refractivity contribution in [1.82, 2.24) is 5.32 Å². The highest BCUT2D eigenvalue weighted by Gasteiger charge is 2.20. The maximum atomic E-state index is 3.56. The predicted octanol–water partition coefficient (Wildman–Crippen LogP) is 4.56. The van der Waals surface area contributed by atoms with Crippen molar-refractivity contribution >= 4 is 24.0 Å². The Hall–Kier alpha value is -0.123. The molecule has 0 saturated carbocycles. The average Bonchev–Trinajstić information content (AvgIpc) is 2.24. The van der Waals surface area contributed by atoms with Gasteiger partial charge in [0.25, 0.3) is 0 Å². The largest absolute Gasteiger partial charge is 0.317 e. The molecule has 0 radical (unpaired) electrons. The van der Waals surface area contributed by atoms with Crippen molar-refractivity contribution < 1.29 is 0 Å². The van der Waals surface area contributed by atoms with E-state index in [1.807, 2.05) is 0 Å². The molecule has 0 saturated heterocycles. The number of hydrogen-bond acceptors (Lipinski definition) is 1. The minimum absolute atomic E-state index is 0.769. The fourth-order valence-electron chi connectivity index (χ4n) is 2.43. The molecule has 0 aliphatic heterocycles. The minimum Gasteiger partial charge on any atom is -0.317 e. The van der Waals surface area contributed by atoms with Crippen LogP contribution in [0, 0.1) is 5.92 Å². The second-order valence-electron chi connectivity index (χ2n) is 6.27. The molecule has 3 heteroatoms. The molecule has 0 amide bonds. The van der Waals surface area contributed by atoms with Crippen LogP contribution in [0.25, 0.3) is 0 Å². The van der Waals surface area contributed by atoms with Crippen molar-refractivity contribution in [2.24, 2.45) is 5.92 Å². The fraction of sp³-hybridized carbons (Fsp3) is 0.600. The molecule has 0 bridgehead atoms. The molecule has 18 heavy (non-hydrogen) atoms. The van der Waals surface area contributed by atoms with E-state index in [4.69, 9.17) is 0 Å². The zero-order chi connectivity index (χ0) is 13.6. The first-order valence-electron chi connectivity index (χ1n) is 6.86. The third-order valence-electron chi connectivity index (χ3n) is 3.00. The second-order valence-corrected chi connectivity index (χ2v) is 12.7. The normalized spacial score (nSPS) is 13.6. The van der Waals surface area contributed by atoms with Crippen LogP contribution in [0.5, 0.6) is 0 Å². The molecule has 1 aromatic carbocycles. The quantitative estimate of drug-likeness (QED) is 0.724. The molecule has 0 aliphatic carbocycles. The van der Waals surface area contributed by atoms with E-state index in [9.17, 15) is 0 Å². The van der Waals surface area contributed by atoms with Gasteiger partial charge in [-0.1, -0.05) is 60.7 Å². The van der Waals surface area contributed by atoms with E-state index >= 15 is 0 Å². The Bertz CT molecular complexity index is 360. The highest BCUT2D eigenvalue weighted by Crippen LogP contribution is 2.22. The first-order valence-corrected chi connectivity index (χ1v) is 11.4. The van der Waals surface area contributed by atoms with Crippen LogP contribution in [0.4, 0.5) is 0 Å². The zero-order valence-corrected chi connectivity index (χ0v) is 14.7. The number of hydrogen-bond donors (Lipinski definition) is 1. The maximum Gasteiger partial charge on any atom is 0.0446 e. The molecular formula is C15H26BrNSi. The summed E-state index contributed by atoms with van der Waals surface area (Å²) in [5.74, 6) is 0.769. The van der Waals surface area contributed by atoms with Gasteiger partial charge in [0.15, 0.2) is 0 Å². The van der Waals surface area contributed by atoms with Gasteiger partial charge in [-0.05, 0) is 43.1 Å². The summed E-state index contributed by atoms with van der Waals surface area (Å²) in [6.45, 7) is 11.8. The lowest BCUT2D eigenvalue weighted by Gasteiger charge is -2.25. The summed E-state index contributed by atoms with van der Waals surface area (Å²) < 4.78 is 1.19. The molecule has 1 N–H and O–H groups in total. The Balaban J connectivity index is 2.65. The molecule has 0 heterocycles. The molecule has 1 rings (SSSR count). The number of rotatable bonds is 7. The molecule has 1 nitrogen and oxygen atoms in total. The van der Waals surface area contributed by atoms with Crippen LogP contribution in [-0.4, -0.2) is 21.2 Å². The van der Waals surface area contributed by atoms with Crippen LogP contribution in [0.15, 0.2) is 28.7 Å². The Labute approximate surface area is 122 Å². The van der Waals surface area contributed by atoms with E-state index in [2.05, 4.69) is 72.1 Å². The van der Waals surface area contributed by atoms with Crippen LogP contribution in [0.2, 0.25) is 25.7 Å². The van der Waals surface area contributed by atoms with Gasteiger partial charge in [-0.15, -0.1) is 0 Å². The SMILES string of the molecule is CCNCC(Cc1cccc(Br)c1)C[Si](C)(C)C. The average molecular weight is 328 g/mol. The van der Waals surface area contributed by atoms with Gasteiger partial charge in [0, 0.05) is 12.5 Å². The molecule has 102 valence electrons. The summed E-state index contributed by atoms with van der Waals surface area (Å²) in [6, 6.07) is 10.1. The summed E-state index contributed by atoms with van der Waals surface area (Å²) in [6.07, 6.45) is 1.19. The molecule has 0 fully saturated rings. The van der Waals surface area contributed by atoms with Crippen molar-refractivity contribution in [3.05, 3.63) is 34.3 Å². The summed E-state index contributed by atoms with van der Waals surface area (Å²) in [5.41, 5.74) is 1.45. The number of benzene rings is 1. The maximum absolute atomic E-state index is 3.56. The number of halogens is 1. The van der Waals surface area contributed by atoms with Crippen molar-refractivity contribution in [2.75, 3.05) is 13.1 Å². The van der Waals surface area contributed by atoms with E-state index in [0.717, 1.165) is 19.0 Å². The van der Waals surface area contributed by atoms with Gasteiger partial charge in [-0.2, -0.15) is 0 Å². The van der Waals surface area contributed by atoms with E-state index in [0.29, 0.717) is 0 Å². The smallest absolute Gasteiger partial charge is 0.0446 e. The van der Waals surface area contributed by atoms with E-state index in [1.165, 1.54) is 22.5 Å². The molecule has 0 spiro atoms. The Morgan fingerprint density at radius 1 is 1.28 bits per heavy atom. The molecule has 1 atom stereocenters. The summed E-state index contributed by atoms with van der Waals surface area (Å²) >= 11 is 3.56.